The molecule has 1 aromatic heterocycles. The zero-order valence-electron chi connectivity index (χ0n) is 13.5. The quantitative estimate of drug-likeness (QED) is 0.758. The minimum Gasteiger partial charge on any atom is -0.441 e. The lowest BCUT2D eigenvalue weighted by Gasteiger charge is -2.03. The van der Waals surface area contributed by atoms with Crippen LogP contribution in [0.1, 0.15) is 27.4 Å². The van der Waals surface area contributed by atoms with Crippen molar-refractivity contribution >= 4 is 17.5 Å². The van der Waals surface area contributed by atoms with Gasteiger partial charge in [0.15, 0.2) is 5.69 Å². The van der Waals surface area contributed by atoms with E-state index < -0.39 is 0 Å². The molecule has 0 bridgehead atoms. The maximum absolute atomic E-state index is 12.4. The highest BCUT2D eigenvalue weighted by atomic mass is 35.5. The van der Waals surface area contributed by atoms with Crippen LogP contribution in [0, 0.1) is 13.8 Å². The predicted molar refractivity (Wildman–Crippen MR) is 94.0 cm³/mol. The second-order valence-corrected chi connectivity index (χ2v) is 6.04. The molecule has 3 aromatic rings. The standard InChI is InChI=1S/C19H17ClN2O2/c1-12-4-3-5-15(10-12)19-22-17(13(2)24-19)18(23)21-11-14-6-8-16(20)9-7-14/h3-10H,11H2,1-2H3,(H,21,23). The fourth-order valence-corrected chi connectivity index (χ4v) is 2.50. The van der Waals surface area contributed by atoms with Crippen LogP contribution in [0.4, 0.5) is 0 Å². The third-order valence-corrected chi connectivity index (χ3v) is 3.89. The van der Waals surface area contributed by atoms with Crippen molar-refractivity contribution in [3.8, 4) is 11.5 Å². The van der Waals surface area contributed by atoms with Crippen molar-refractivity contribution in [2.45, 2.75) is 20.4 Å². The van der Waals surface area contributed by atoms with Crippen molar-refractivity contribution in [2.24, 2.45) is 0 Å². The van der Waals surface area contributed by atoms with Crippen LogP contribution >= 0.6 is 11.6 Å². The Hall–Kier alpha value is -2.59. The molecule has 5 heteroatoms. The summed E-state index contributed by atoms with van der Waals surface area (Å²) in [5.41, 5.74) is 3.24. The van der Waals surface area contributed by atoms with Gasteiger partial charge in [0.2, 0.25) is 5.89 Å². The average Bonchev–Trinajstić information content (AvgIpc) is 2.96. The molecule has 0 atom stereocenters. The van der Waals surface area contributed by atoms with E-state index in [1.807, 2.05) is 43.3 Å². The van der Waals surface area contributed by atoms with Gasteiger partial charge in [-0.2, -0.15) is 0 Å². The number of hydrogen-bond acceptors (Lipinski definition) is 3. The molecule has 1 heterocycles. The largest absolute Gasteiger partial charge is 0.441 e. The summed E-state index contributed by atoms with van der Waals surface area (Å²) in [6.07, 6.45) is 0. The van der Waals surface area contributed by atoms with E-state index in [1.165, 1.54) is 0 Å². The molecule has 0 saturated heterocycles. The summed E-state index contributed by atoms with van der Waals surface area (Å²) in [4.78, 5) is 16.7. The number of benzene rings is 2. The molecular formula is C19H17ClN2O2. The molecule has 0 unspecified atom stereocenters. The summed E-state index contributed by atoms with van der Waals surface area (Å²) < 4.78 is 5.66. The number of aromatic nitrogens is 1. The van der Waals surface area contributed by atoms with E-state index in [4.69, 9.17) is 16.0 Å². The Morgan fingerprint density at radius 3 is 2.62 bits per heavy atom. The zero-order chi connectivity index (χ0) is 17.1. The number of oxazole rings is 1. The number of halogens is 1. The van der Waals surface area contributed by atoms with E-state index in [1.54, 1.807) is 19.1 Å². The van der Waals surface area contributed by atoms with Gasteiger partial charge in [0.05, 0.1) is 0 Å². The Bertz CT molecular complexity index is 869. The van der Waals surface area contributed by atoms with Gasteiger partial charge in [-0.1, -0.05) is 41.4 Å². The lowest BCUT2D eigenvalue weighted by Crippen LogP contribution is -2.23. The van der Waals surface area contributed by atoms with Crippen LogP contribution in [0.15, 0.2) is 52.9 Å². The van der Waals surface area contributed by atoms with Crippen LogP contribution in [-0.2, 0) is 6.54 Å². The van der Waals surface area contributed by atoms with Crippen LogP contribution in [0.3, 0.4) is 0 Å². The number of nitrogens with zero attached hydrogens (tertiary/aromatic N) is 1. The van der Waals surface area contributed by atoms with Gasteiger partial charge in [-0.25, -0.2) is 4.98 Å². The van der Waals surface area contributed by atoms with Crippen molar-refractivity contribution in [1.29, 1.82) is 0 Å². The first kappa shape index (κ1) is 16.3. The number of carbonyl (C=O) groups is 1. The van der Waals surface area contributed by atoms with Crippen LogP contribution < -0.4 is 5.32 Å². The van der Waals surface area contributed by atoms with E-state index in [2.05, 4.69) is 10.3 Å². The van der Waals surface area contributed by atoms with Gasteiger partial charge in [0, 0.05) is 17.1 Å². The van der Waals surface area contributed by atoms with Gasteiger partial charge >= 0.3 is 0 Å². The molecule has 0 saturated carbocycles. The highest BCUT2D eigenvalue weighted by Crippen LogP contribution is 2.22. The Morgan fingerprint density at radius 1 is 1.17 bits per heavy atom. The second kappa shape index (κ2) is 6.89. The fraction of sp³-hybridized carbons (Fsp3) is 0.158. The van der Waals surface area contributed by atoms with Gasteiger partial charge < -0.3 is 9.73 Å². The number of rotatable bonds is 4. The predicted octanol–water partition coefficient (Wildman–Crippen LogP) is 4.54. The van der Waals surface area contributed by atoms with E-state index >= 15 is 0 Å². The van der Waals surface area contributed by atoms with E-state index in [0.717, 1.165) is 16.7 Å². The summed E-state index contributed by atoms with van der Waals surface area (Å²) in [7, 11) is 0. The number of carbonyl (C=O) groups excluding carboxylic acids is 1. The molecule has 0 fully saturated rings. The number of aryl methyl sites for hydroxylation is 2. The van der Waals surface area contributed by atoms with Crippen molar-refractivity contribution < 1.29 is 9.21 Å². The van der Waals surface area contributed by atoms with Crippen LogP contribution in [0.25, 0.3) is 11.5 Å². The van der Waals surface area contributed by atoms with E-state index in [-0.39, 0.29) is 5.91 Å². The summed E-state index contributed by atoms with van der Waals surface area (Å²) in [6.45, 7) is 4.14. The molecule has 4 nitrogen and oxygen atoms in total. The number of nitrogens with one attached hydrogen (secondary N) is 1. The molecule has 0 radical (unpaired) electrons. The molecule has 24 heavy (non-hydrogen) atoms. The molecule has 0 aliphatic rings. The molecule has 1 N–H and O–H groups in total. The van der Waals surface area contributed by atoms with Crippen molar-refractivity contribution in [1.82, 2.24) is 10.3 Å². The van der Waals surface area contributed by atoms with Crippen LogP contribution in [0.5, 0.6) is 0 Å². The van der Waals surface area contributed by atoms with Crippen LogP contribution in [0.2, 0.25) is 5.02 Å². The first-order chi connectivity index (χ1) is 11.5. The highest BCUT2D eigenvalue weighted by molar-refractivity contribution is 6.30. The lowest BCUT2D eigenvalue weighted by atomic mass is 10.1. The number of hydrogen-bond donors (Lipinski definition) is 1. The van der Waals surface area contributed by atoms with E-state index in [0.29, 0.717) is 28.9 Å². The topological polar surface area (TPSA) is 55.1 Å². The molecule has 0 spiro atoms. The van der Waals surface area contributed by atoms with Crippen molar-refractivity contribution in [3.63, 3.8) is 0 Å². The second-order valence-electron chi connectivity index (χ2n) is 5.60. The monoisotopic (exact) mass is 340 g/mol. The number of amides is 1. The van der Waals surface area contributed by atoms with Gasteiger partial charge in [0.1, 0.15) is 5.76 Å². The molecular weight excluding hydrogens is 324 g/mol. The zero-order valence-corrected chi connectivity index (χ0v) is 14.2. The normalized spacial score (nSPS) is 10.6. The van der Waals surface area contributed by atoms with Gasteiger partial charge in [0.25, 0.3) is 5.91 Å². The first-order valence-electron chi connectivity index (χ1n) is 7.60. The van der Waals surface area contributed by atoms with Gasteiger partial charge in [-0.15, -0.1) is 0 Å². The van der Waals surface area contributed by atoms with Crippen LogP contribution in [-0.4, -0.2) is 10.9 Å². The SMILES string of the molecule is Cc1cccc(-c2nc(C(=O)NCc3ccc(Cl)cc3)c(C)o2)c1. The van der Waals surface area contributed by atoms with Crippen molar-refractivity contribution in [3.05, 3.63) is 76.1 Å². The molecule has 0 aliphatic carbocycles. The minimum absolute atomic E-state index is 0.259. The Kier molecular flexibility index (Phi) is 4.67. The maximum atomic E-state index is 12.4. The Balaban J connectivity index is 1.74. The molecule has 2 aromatic carbocycles. The maximum Gasteiger partial charge on any atom is 0.273 e. The van der Waals surface area contributed by atoms with Crippen molar-refractivity contribution in [2.75, 3.05) is 0 Å². The van der Waals surface area contributed by atoms with Gasteiger partial charge in [-0.05, 0) is 43.7 Å². The Morgan fingerprint density at radius 2 is 1.92 bits per heavy atom. The smallest absolute Gasteiger partial charge is 0.273 e. The molecule has 122 valence electrons. The van der Waals surface area contributed by atoms with Gasteiger partial charge in [-0.3, -0.25) is 4.79 Å². The summed E-state index contributed by atoms with van der Waals surface area (Å²) in [5, 5.41) is 3.51. The molecule has 1 amide bonds. The van der Waals surface area contributed by atoms with E-state index in [9.17, 15) is 4.79 Å². The summed E-state index contributed by atoms with van der Waals surface area (Å²) in [5.74, 6) is 0.693. The molecule has 0 aliphatic heterocycles. The Labute approximate surface area is 145 Å². The minimum atomic E-state index is -0.259. The molecule has 3 rings (SSSR count). The lowest BCUT2D eigenvalue weighted by molar-refractivity contribution is 0.0945. The first-order valence-corrected chi connectivity index (χ1v) is 7.98. The average molecular weight is 341 g/mol. The fourth-order valence-electron chi connectivity index (χ4n) is 2.38. The third kappa shape index (κ3) is 3.66. The third-order valence-electron chi connectivity index (χ3n) is 3.64. The highest BCUT2D eigenvalue weighted by Gasteiger charge is 2.17. The summed E-state index contributed by atoms with van der Waals surface area (Å²) in [6, 6.07) is 15.1. The summed E-state index contributed by atoms with van der Waals surface area (Å²) >= 11 is 5.85.